The van der Waals surface area contributed by atoms with Crippen LogP contribution in [-0.4, -0.2) is 20.0 Å². The molecular formula is C10H15N5O. The molecule has 86 valence electrons. The summed E-state index contributed by atoms with van der Waals surface area (Å²) in [5, 5.41) is 7.89. The van der Waals surface area contributed by atoms with Crippen LogP contribution in [0, 0.1) is 6.92 Å². The molecule has 6 nitrogen and oxygen atoms in total. The average Bonchev–Trinajstić information content (AvgIpc) is 2.75. The molecule has 2 heterocycles. The Morgan fingerprint density at radius 1 is 1.50 bits per heavy atom. The molecule has 0 aromatic carbocycles. The molecule has 0 amide bonds. The van der Waals surface area contributed by atoms with Gasteiger partial charge in [-0.2, -0.15) is 0 Å². The first-order valence-corrected chi connectivity index (χ1v) is 5.17. The van der Waals surface area contributed by atoms with Crippen LogP contribution in [0.1, 0.15) is 36.9 Å². The highest BCUT2D eigenvalue weighted by Gasteiger charge is 2.15. The van der Waals surface area contributed by atoms with E-state index in [1.807, 2.05) is 6.92 Å². The van der Waals surface area contributed by atoms with Crippen molar-refractivity contribution in [2.75, 3.05) is 5.73 Å². The molecule has 0 spiro atoms. The number of nitrogen functional groups attached to an aromatic ring is 1. The molecule has 2 rings (SSSR count). The predicted octanol–water partition coefficient (Wildman–Crippen LogP) is 1.33. The monoisotopic (exact) mass is 221 g/mol. The normalized spacial score (nSPS) is 11.2. The first kappa shape index (κ1) is 10.7. The molecule has 0 unspecified atom stereocenters. The summed E-state index contributed by atoms with van der Waals surface area (Å²) in [6, 6.07) is 0. The van der Waals surface area contributed by atoms with Gasteiger partial charge in [0, 0.05) is 0 Å². The molecule has 2 aromatic heterocycles. The van der Waals surface area contributed by atoms with Gasteiger partial charge in [0.05, 0.1) is 12.2 Å². The molecule has 0 fully saturated rings. The van der Waals surface area contributed by atoms with Gasteiger partial charge in [0.15, 0.2) is 12.2 Å². The zero-order chi connectivity index (χ0) is 11.7. The van der Waals surface area contributed by atoms with Gasteiger partial charge in [-0.3, -0.25) is 0 Å². The number of anilines is 1. The van der Waals surface area contributed by atoms with Gasteiger partial charge in [0.25, 0.3) is 0 Å². The molecule has 0 radical (unpaired) electrons. The molecule has 0 bridgehead atoms. The van der Waals surface area contributed by atoms with Crippen molar-refractivity contribution < 1.29 is 4.42 Å². The molecule has 0 saturated carbocycles. The minimum atomic E-state index is 0.280. The van der Waals surface area contributed by atoms with E-state index in [0.29, 0.717) is 12.4 Å². The van der Waals surface area contributed by atoms with Crippen LogP contribution in [0.5, 0.6) is 0 Å². The SMILES string of the molecule is Cc1ocnc1Cn1nnc(N)c1C(C)C. The van der Waals surface area contributed by atoms with E-state index in [9.17, 15) is 0 Å². The Hall–Kier alpha value is -1.85. The van der Waals surface area contributed by atoms with Crippen LogP contribution in [0.4, 0.5) is 5.82 Å². The summed E-state index contributed by atoms with van der Waals surface area (Å²) in [5.41, 5.74) is 7.56. The maximum absolute atomic E-state index is 5.77. The molecule has 2 aromatic rings. The topological polar surface area (TPSA) is 82.8 Å². The van der Waals surface area contributed by atoms with E-state index < -0.39 is 0 Å². The number of hydrogen-bond donors (Lipinski definition) is 1. The largest absolute Gasteiger partial charge is 0.448 e. The number of oxazole rings is 1. The fourth-order valence-corrected chi connectivity index (χ4v) is 1.67. The molecule has 0 aliphatic rings. The highest BCUT2D eigenvalue weighted by Crippen LogP contribution is 2.20. The first-order chi connectivity index (χ1) is 7.59. The maximum atomic E-state index is 5.77. The van der Waals surface area contributed by atoms with E-state index in [2.05, 4.69) is 29.1 Å². The van der Waals surface area contributed by atoms with E-state index >= 15 is 0 Å². The smallest absolute Gasteiger partial charge is 0.181 e. The van der Waals surface area contributed by atoms with Crippen LogP contribution in [0.3, 0.4) is 0 Å². The molecule has 2 N–H and O–H groups in total. The van der Waals surface area contributed by atoms with Gasteiger partial charge in [-0.05, 0) is 12.8 Å². The Morgan fingerprint density at radius 3 is 2.81 bits per heavy atom. The molecule has 0 aliphatic carbocycles. The van der Waals surface area contributed by atoms with Gasteiger partial charge in [-0.25, -0.2) is 9.67 Å². The lowest BCUT2D eigenvalue weighted by Crippen LogP contribution is -2.09. The third-order valence-corrected chi connectivity index (χ3v) is 2.49. The third kappa shape index (κ3) is 1.78. The summed E-state index contributed by atoms with van der Waals surface area (Å²) < 4.78 is 6.91. The Morgan fingerprint density at radius 2 is 2.25 bits per heavy atom. The van der Waals surface area contributed by atoms with Crippen LogP contribution in [0.15, 0.2) is 10.8 Å². The zero-order valence-electron chi connectivity index (χ0n) is 9.64. The number of aryl methyl sites for hydroxylation is 1. The number of rotatable bonds is 3. The van der Waals surface area contributed by atoms with Gasteiger partial charge in [-0.15, -0.1) is 5.10 Å². The second kappa shape index (κ2) is 3.96. The molecule has 16 heavy (non-hydrogen) atoms. The Kier molecular flexibility index (Phi) is 2.64. The average molecular weight is 221 g/mol. The van der Waals surface area contributed by atoms with Crippen molar-refractivity contribution in [3.05, 3.63) is 23.5 Å². The highest BCUT2D eigenvalue weighted by atomic mass is 16.3. The zero-order valence-corrected chi connectivity index (χ0v) is 9.64. The van der Waals surface area contributed by atoms with Crippen LogP contribution in [-0.2, 0) is 6.54 Å². The Bertz CT molecular complexity index is 485. The highest BCUT2D eigenvalue weighted by molar-refractivity contribution is 5.35. The lowest BCUT2D eigenvalue weighted by molar-refractivity contribution is 0.519. The van der Waals surface area contributed by atoms with E-state index in [0.717, 1.165) is 17.1 Å². The van der Waals surface area contributed by atoms with Crippen molar-refractivity contribution in [1.82, 2.24) is 20.0 Å². The van der Waals surface area contributed by atoms with Crippen molar-refractivity contribution in [3.63, 3.8) is 0 Å². The fourth-order valence-electron chi connectivity index (χ4n) is 1.67. The van der Waals surface area contributed by atoms with E-state index in [-0.39, 0.29) is 5.92 Å². The van der Waals surface area contributed by atoms with Crippen LogP contribution >= 0.6 is 0 Å². The van der Waals surface area contributed by atoms with Crippen molar-refractivity contribution >= 4 is 5.82 Å². The predicted molar refractivity (Wildman–Crippen MR) is 58.9 cm³/mol. The molecule has 0 saturated heterocycles. The second-order valence-corrected chi connectivity index (χ2v) is 4.03. The van der Waals surface area contributed by atoms with Crippen LogP contribution in [0.2, 0.25) is 0 Å². The standard InChI is InChI=1S/C10H15N5O/c1-6(2)9-10(11)13-14-15(9)4-8-7(3)16-5-12-8/h5-6H,4,11H2,1-3H3. The van der Waals surface area contributed by atoms with E-state index in [1.54, 1.807) is 4.68 Å². The van der Waals surface area contributed by atoms with Gasteiger partial charge >= 0.3 is 0 Å². The number of nitrogens with zero attached hydrogens (tertiary/aromatic N) is 4. The number of aromatic nitrogens is 4. The summed E-state index contributed by atoms with van der Waals surface area (Å²) in [6.07, 6.45) is 1.43. The number of hydrogen-bond acceptors (Lipinski definition) is 5. The molecule has 6 heteroatoms. The van der Waals surface area contributed by atoms with Gasteiger partial charge < -0.3 is 10.2 Å². The van der Waals surface area contributed by atoms with Gasteiger partial charge in [-0.1, -0.05) is 19.1 Å². The van der Waals surface area contributed by atoms with E-state index in [4.69, 9.17) is 10.2 Å². The fraction of sp³-hybridized carbons (Fsp3) is 0.500. The van der Waals surface area contributed by atoms with E-state index in [1.165, 1.54) is 6.39 Å². The van der Waals surface area contributed by atoms with Gasteiger partial charge in [0.1, 0.15) is 11.5 Å². The summed E-state index contributed by atoms with van der Waals surface area (Å²) in [7, 11) is 0. The second-order valence-electron chi connectivity index (χ2n) is 4.03. The lowest BCUT2D eigenvalue weighted by atomic mass is 10.1. The van der Waals surface area contributed by atoms with Crippen LogP contribution < -0.4 is 5.73 Å². The molecule has 0 aliphatic heterocycles. The third-order valence-electron chi connectivity index (χ3n) is 2.49. The Balaban J connectivity index is 2.32. The minimum absolute atomic E-state index is 0.280. The van der Waals surface area contributed by atoms with Crippen LogP contribution in [0.25, 0.3) is 0 Å². The summed E-state index contributed by atoms with van der Waals surface area (Å²) in [6.45, 7) is 6.53. The maximum Gasteiger partial charge on any atom is 0.181 e. The number of nitrogens with two attached hydrogens (primary N) is 1. The van der Waals surface area contributed by atoms with Gasteiger partial charge in [0.2, 0.25) is 0 Å². The molecular weight excluding hydrogens is 206 g/mol. The summed E-state index contributed by atoms with van der Waals surface area (Å²) >= 11 is 0. The lowest BCUT2D eigenvalue weighted by Gasteiger charge is -2.08. The quantitative estimate of drug-likeness (QED) is 0.845. The van der Waals surface area contributed by atoms with Crippen molar-refractivity contribution in [2.45, 2.75) is 33.2 Å². The van der Waals surface area contributed by atoms with Crippen molar-refractivity contribution in [1.29, 1.82) is 0 Å². The summed E-state index contributed by atoms with van der Waals surface area (Å²) in [4.78, 5) is 4.12. The van der Waals surface area contributed by atoms with Crippen molar-refractivity contribution in [2.24, 2.45) is 0 Å². The Labute approximate surface area is 93.5 Å². The van der Waals surface area contributed by atoms with Crippen molar-refractivity contribution in [3.8, 4) is 0 Å². The molecule has 0 atom stereocenters. The summed E-state index contributed by atoms with van der Waals surface area (Å²) in [5.74, 6) is 1.56. The first-order valence-electron chi connectivity index (χ1n) is 5.17. The minimum Gasteiger partial charge on any atom is -0.448 e.